The molecule has 1 amide bonds. The zero-order valence-corrected chi connectivity index (χ0v) is 15.6. The quantitative estimate of drug-likeness (QED) is 0.733. The Morgan fingerprint density at radius 1 is 1.16 bits per heavy atom. The maximum atomic E-state index is 12.5. The third-order valence-electron chi connectivity index (χ3n) is 3.75. The van der Waals surface area contributed by atoms with E-state index in [9.17, 15) is 4.79 Å². The first-order valence-electron chi connectivity index (χ1n) is 8.73. The number of carbonyl (C=O) groups excluding carboxylic acids is 1. The Bertz CT molecular complexity index is 669. The highest BCUT2D eigenvalue weighted by molar-refractivity contribution is 6.30. The fraction of sp³-hybridized carbons (Fsp3) is 0.421. The molecule has 0 fully saturated rings. The number of benzene rings is 1. The maximum Gasteiger partial charge on any atom is 0.274 e. The molecule has 2 aromatic rings. The summed E-state index contributed by atoms with van der Waals surface area (Å²) < 4.78 is 0. The van der Waals surface area contributed by atoms with Crippen LogP contribution in [0.4, 0.5) is 5.82 Å². The first-order valence-corrected chi connectivity index (χ1v) is 9.11. The van der Waals surface area contributed by atoms with Crippen LogP contribution in [0.5, 0.6) is 0 Å². The van der Waals surface area contributed by atoms with Crippen LogP contribution in [-0.4, -0.2) is 40.4 Å². The van der Waals surface area contributed by atoms with Gasteiger partial charge in [-0.1, -0.05) is 37.6 Å². The van der Waals surface area contributed by atoms with Crippen molar-refractivity contribution in [1.29, 1.82) is 0 Å². The summed E-state index contributed by atoms with van der Waals surface area (Å²) in [7, 11) is 0. The van der Waals surface area contributed by atoms with Crippen LogP contribution in [0.15, 0.2) is 36.7 Å². The Balaban J connectivity index is 1.89. The van der Waals surface area contributed by atoms with Gasteiger partial charge in [-0.25, -0.2) is 9.97 Å². The summed E-state index contributed by atoms with van der Waals surface area (Å²) in [6, 6.07) is 7.79. The number of rotatable bonds is 9. The summed E-state index contributed by atoms with van der Waals surface area (Å²) in [6.07, 6.45) is 5.86. The molecule has 0 aliphatic heterocycles. The van der Waals surface area contributed by atoms with Crippen molar-refractivity contribution in [3.63, 3.8) is 0 Å². The van der Waals surface area contributed by atoms with Crippen molar-refractivity contribution in [2.24, 2.45) is 0 Å². The predicted octanol–water partition coefficient (Wildman–Crippen LogP) is 4.05. The standard InChI is InChI=1S/C19H25ClN4O/c1-3-10-24(11-4-2)19(25)17-13-23-18(14-22-17)21-9-8-15-6-5-7-16(20)12-15/h5-7,12-14H,3-4,8-11H2,1-2H3,(H,21,23). The Labute approximate surface area is 154 Å². The van der Waals surface area contributed by atoms with Crippen molar-refractivity contribution in [1.82, 2.24) is 14.9 Å². The van der Waals surface area contributed by atoms with Crippen LogP contribution in [0.25, 0.3) is 0 Å². The van der Waals surface area contributed by atoms with Gasteiger partial charge in [0.1, 0.15) is 11.5 Å². The molecule has 134 valence electrons. The molecule has 0 saturated carbocycles. The highest BCUT2D eigenvalue weighted by Crippen LogP contribution is 2.11. The number of nitrogens with zero attached hydrogens (tertiary/aromatic N) is 3. The molecular formula is C19H25ClN4O. The summed E-state index contributed by atoms with van der Waals surface area (Å²) in [4.78, 5) is 22.9. The summed E-state index contributed by atoms with van der Waals surface area (Å²) in [5.74, 6) is 0.609. The number of halogens is 1. The lowest BCUT2D eigenvalue weighted by Gasteiger charge is -2.20. The molecule has 1 aromatic heterocycles. The number of hydrogen-bond donors (Lipinski definition) is 1. The Morgan fingerprint density at radius 3 is 2.52 bits per heavy atom. The van der Waals surface area contributed by atoms with Gasteiger partial charge in [-0.15, -0.1) is 0 Å². The molecule has 0 atom stereocenters. The molecule has 1 aromatic carbocycles. The molecule has 2 rings (SSSR count). The van der Waals surface area contributed by atoms with E-state index in [0.717, 1.165) is 49.5 Å². The van der Waals surface area contributed by atoms with Gasteiger partial charge in [0.2, 0.25) is 0 Å². The van der Waals surface area contributed by atoms with E-state index >= 15 is 0 Å². The predicted molar refractivity (Wildman–Crippen MR) is 102 cm³/mol. The number of aromatic nitrogens is 2. The fourth-order valence-electron chi connectivity index (χ4n) is 2.57. The molecule has 1 N–H and O–H groups in total. The topological polar surface area (TPSA) is 58.1 Å². The molecule has 5 nitrogen and oxygen atoms in total. The van der Waals surface area contributed by atoms with Gasteiger partial charge in [0.25, 0.3) is 5.91 Å². The first-order chi connectivity index (χ1) is 12.1. The molecular weight excluding hydrogens is 336 g/mol. The van der Waals surface area contributed by atoms with Crippen LogP contribution in [0, 0.1) is 0 Å². The van der Waals surface area contributed by atoms with Crippen LogP contribution >= 0.6 is 11.6 Å². The maximum absolute atomic E-state index is 12.5. The minimum atomic E-state index is -0.0540. The second kappa shape index (κ2) is 9.99. The van der Waals surface area contributed by atoms with Crippen molar-refractivity contribution in [3.8, 4) is 0 Å². The van der Waals surface area contributed by atoms with E-state index in [4.69, 9.17) is 11.6 Å². The number of carbonyl (C=O) groups is 1. The zero-order chi connectivity index (χ0) is 18.1. The van der Waals surface area contributed by atoms with Crippen LogP contribution in [0.3, 0.4) is 0 Å². The fourth-order valence-corrected chi connectivity index (χ4v) is 2.79. The largest absolute Gasteiger partial charge is 0.368 e. The molecule has 0 bridgehead atoms. The molecule has 0 unspecified atom stereocenters. The van der Waals surface area contributed by atoms with E-state index in [1.807, 2.05) is 29.2 Å². The highest BCUT2D eigenvalue weighted by Gasteiger charge is 2.15. The van der Waals surface area contributed by atoms with Gasteiger partial charge in [0.05, 0.1) is 12.4 Å². The number of hydrogen-bond acceptors (Lipinski definition) is 4. The van der Waals surface area contributed by atoms with Gasteiger partial charge in [0, 0.05) is 24.7 Å². The van der Waals surface area contributed by atoms with Gasteiger partial charge < -0.3 is 10.2 Å². The normalized spacial score (nSPS) is 10.5. The lowest BCUT2D eigenvalue weighted by molar-refractivity contribution is 0.0749. The SMILES string of the molecule is CCCN(CCC)C(=O)c1cnc(NCCc2cccc(Cl)c2)cn1. The Hall–Kier alpha value is -2.14. The molecule has 25 heavy (non-hydrogen) atoms. The number of anilines is 1. The second-order valence-corrected chi connectivity index (χ2v) is 6.32. The molecule has 0 aliphatic rings. The minimum absolute atomic E-state index is 0.0540. The molecule has 0 radical (unpaired) electrons. The van der Waals surface area contributed by atoms with Gasteiger partial charge in [-0.2, -0.15) is 0 Å². The van der Waals surface area contributed by atoms with E-state index in [0.29, 0.717) is 11.5 Å². The molecule has 0 aliphatic carbocycles. The Morgan fingerprint density at radius 2 is 1.92 bits per heavy atom. The van der Waals surface area contributed by atoms with E-state index in [1.165, 1.54) is 0 Å². The molecule has 1 heterocycles. The molecule has 0 spiro atoms. The van der Waals surface area contributed by atoms with Crippen LogP contribution in [0.1, 0.15) is 42.7 Å². The van der Waals surface area contributed by atoms with Gasteiger partial charge >= 0.3 is 0 Å². The van der Waals surface area contributed by atoms with Crippen molar-refractivity contribution < 1.29 is 4.79 Å². The second-order valence-electron chi connectivity index (χ2n) is 5.89. The first kappa shape index (κ1) is 19.2. The van der Waals surface area contributed by atoms with Crippen molar-refractivity contribution in [3.05, 3.63) is 52.9 Å². The van der Waals surface area contributed by atoms with E-state index in [2.05, 4.69) is 29.1 Å². The monoisotopic (exact) mass is 360 g/mol. The average Bonchev–Trinajstić information content (AvgIpc) is 2.62. The van der Waals surface area contributed by atoms with Gasteiger partial charge in [-0.05, 0) is 37.0 Å². The van der Waals surface area contributed by atoms with Crippen LogP contribution in [0.2, 0.25) is 5.02 Å². The third-order valence-corrected chi connectivity index (χ3v) is 3.99. The van der Waals surface area contributed by atoms with Gasteiger partial charge in [-0.3, -0.25) is 4.79 Å². The van der Waals surface area contributed by atoms with Crippen molar-refractivity contribution >= 4 is 23.3 Å². The number of amides is 1. The smallest absolute Gasteiger partial charge is 0.274 e. The third kappa shape index (κ3) is 6.02. The summed E-state index contributed by atoms with van der Waals surface area (Å²) in [5, 5.41) is 3.96. The van der Waals surface area contributed by atoms with Crippen LogP contribution < -0.4 is 5.32 Å². The van der Waals surface area contributed by atoms with Crippen LogP contribution in [-0.2, 0) is 6.42 Å². The van der Waals surface area contributed by atoms with E-state index < -0.39 is 0 Å². The van der Waals surface area contributed by atoms with Gasteiger partial charge in [0.15, 0.2) is 0 Å². The average molecular weight is 361 g/mol. The lowest BCUT2D eigenvalue weighted by Crippen LogP contribution is -2.33. The zero-order valence-electron chi connectivity index (χ0n) is 14.8. The summed E-state index contributed by atoms with van der Waals surface area (Å²) in [6.45, 7) is 6.34. The number of nitrogens with one attached hydrogen (secondary N) is 1. The summed E-state index contributed by atoms with van der Waals surface area (Å²) in [5.41, 5.74) is 1.55. The molecule has 0 saturated heterocycles. The lowest BCUT2D eigenvalue weighted by atomic mass is 10.1. The highest BCUT2D eigenvalue weighted by atomic mass is 35.5. The molecule has 6 heteroatoms. The van der Waals surface area contributed by atoms with Crippen molar-refractivity contribution in [2.75, 3.05) is 25.0 Å². The van der Waals surface area contributed by atoms with Crippen molar-refractivity contribution in [2.45, 2.75) is 33.1 Å². The summed E-state index contributed by atoms with van der Waals surface area (Å²) >= 11 is 5.98. The minimum Gasteiger partial charge on any atom is -0.368 e. The van der Waals surface area contributed by atoms with E-state index in [-0.39, 0.29) is 5.91 Å². The van der Waals surface area contributed by atoms with E-state index in [1.54, 1.807) is 12.4 Å². The Kier molecular flexibility index (Phi) is 7.67.